The third-order valence-electron chi connectivity index (χ3n) is 0.930. The van der Waals surface area contributed by atoms with Crippen LogP contribution in [0.5, 0.6) is 0 Å². The number of hydrogen-bond donors (Lipinski definition) is 4. The molecule has 0 aromatic carbocycles. The molecule has 2 unspecified atom stereocenters. The summed E-state index contributed by atoms with van der Waals surface area (Å²) in [6.07, 6.45) is -4.09. The molecule has 0 aliphatic rings. The third kappa shape index (κ3) is 2.50. The number of aliphatic carboxylic acids is 2. The lowest BCUT2D eigenvalue weighted by molar-refractivity contribution is -0.171. The van der Waals surface area contributed by atoms with Gasteiger partial charge in [-0.15, -0.1) is 0 Å². The van der Waals surface area contributed by atoms with Crippen molar-refractivity contribution < 1.29 is 29.7 Å². The standard InChI is InChI=1S/C4H7NO6/c5-11-2(4(9)10)1(6)3(7)8/h1-2,6H,5H2,(H,7,8)(H,9,10). The third-order valence-corrected chi connectivity index (χ3v) is 0.930. The molecule has 0 rings (SSSR count). The summed E-state index contributed by atoms with van der Waals surface area (Å²) in [7, 11) is 0. The van der Waals surface area contributed by atoms with Crippen molar-refractivity contribution in [3.8, 4) is 0 Å². The highest BCUT2D eigenvalue weighted by molar-refractivity contribution is 5.83. The SMILES string of the molecule is NOC(C(=O)O)C(O)C(=O)O. The Morgan fingerprint density at radius 1 is 1.27 bits per heavy atom. The van der Waals surface area contributed by atoms with Crippen LogP contribution in [0.3, 0.4) is 0 Å². The van der Waals surface area contributed by atoms with Gasteiger partial charge in [0.15, 0.2) is 6.10 Å². The van der Waals surface area contributed by atoms with E-state index >= 15 is 0 Å². The number of hydrogen-bond acceptors (Lipinski definition) is 5. The van der Waals surface area contributed by atoms with Crippen LogP contribution in [0.25, 0.3) is 0 Å². The highest BCUT2D eigenvalue weighted by Crippen LogP contribution is 1.96. The Morgan fingerprint density at radius 3 is 1.82 bits per heavy atom. The second-order valence-electron chi connectivity index (χ2n) is 1.68. The van der Waals surface area contributed by atoms with E-state index in [-0.39, 0.29) is 0 Å². The fourth-order valence-corrected chi connectivity index (χ4v) is 0.397. The van der Waals surface area contributed by atoms with Gasteiger partial charge in [-0.25, -0.2) is 15.5 Å². The molecule has 7 nitrogen and oxygen atoms in total. The van der Waals surface area contributed by atoms with Crippen LogP contribution in [0, 0.1) is 0 Å². The van der Waals surface area contributed by atoms with Crippen LogP contribution in [0.1, 0.15) is 0 Å². The largest absolute Gasteiger partial charge is 0.479 e. The molecule has 0 aliphatic carbocycles. The average molecular weight is 165 g/mol. The van der Waals surface area contributed by atoms with Gasteiger partial charge in [-0.2, -0.15) is 0 Å². The van der Waals surface area contributed by atoms with E-state index in [1.807, 2.05) is 0 Å². The first-order valence-electron chi connectivity index (χ1n) is 2.50. The second kappa shape index (κ2) is 3.86. The fourth-order valence-electron chi connectivity index (χ4n) is 0.397. The molecule has 0 heterocycles. The average Bonchev–Trinajstić information content (AvgIpc) is 1.88. The number of carbonyl (C=O) groups is 2. The van der Waals surface area contributed by atoms with Crippen LogP contribution in [0.4, 0.5) is 0 Å². The van der Waals surface area contributed by atoms with E-state index in [2.05, 4.69) is 10.7 Å². The highest BCUT2D eigenvalue weighted by atomic mass is 16.6. The molecule has 11 heavy (non-hydrogen) atoms. The molecule has 0 aliphatic heterocycles. The van der Waals surface area contributed by atoms with Gasteiger partial charge < -0.3 is 15.3 Å². The molecule has 0 bridgehead atoms. The molecule has 5 N–H and O–H groups in total. The fraction of sp³-hybridized carbons (Fsp3) is 0.500. The first-order valence-corrected chi connectivity index (χ1v) is 2.50. The van der Waals surface area contributed by atoms with Gasteiger partial charge in [-0.3, -0.25) is 4.84 Å². The number of nitrogens with two attached hydrogens (primary N) is 1. The molecule has 0 spiro atoms. The lowest BCUT2D eigenvalue weighted by atomic mass is 10.2. The Morgan fingerprint density at radius 2 is 1.73 bits per heavy atom. The van der Waals surface area contributed by atoms with Crippen molar-refractivity contribution in [2.45, 2.75) is 12.2 Å². The van der Waals surface area contributed by atoms with Crippen molar-refractivity contribution in [3.05, 3.63) is 0 Å². The monoisotopic (exact) mass is 165 g/mol. The van der Waals surface area contributed by atoms with Gasteiger partial charge in [-0.05, 0) is 0 Å². The van der Waals surface area contributed by atoms with Gasteiger partial charge in [0.25, 0.3) is 0 Å². The predicted octanol–water partition coefficient (Wildman–Crippen LogP) is -2.22. The number of rotatable bonds is 4. The Bertz CT molecular complexity index is 168. The molecular formula is C4H7NO6. The maximum Gasteiger partial charge on any atom is 0.338 e. The number of aliphatic hydroxyl groups is 1. The van der Waals surface area contributed by atoms with Gasteiger partial charge in [0.1, 0.15) is 0 Å². The van der Waals surface area contributed by atoms with Crippen LogP contribution >= 0.6 is 0 Å². The summed E-state index contributed by atoms with van der Waals surface area (Å²) in [4.78, 5) is 23.7. The topological polar surface area (TPSA) is 130 Å². The summed E-state index contributed by atoms with van der Waals surface area (Å²) >= 11 is 0. The molecule has 0 radical (unpaired) electrons. The van der Waals surface area contributed by atoms with E-state index < -0.39 is 24.1 Å². The van der Waals surface area contributed by atoms with Crippen LogP contribution in [0.2, 0.25) is 0 Å². The van der Waals surface area contributed by atoms with Gasteiger partial charge >= 0.3 is 11.9 Å². The minimum Gasteiger partial charge on any atom is -0.479 e. The number of carboxylic acids is 2. The highest BCUT2D eigenvalue weighted by Gasteiger charge is 2.32. The van der Waals surface area contributed by atoms with Crippen LogP contribution in [-0.4, -0.2) is 39.5 Å². The minimum atomic E-state index is -2.16. The van der Waals surface area contributed by atoms with E-state index in [0.29, 0.717) is 0 Å². The van der Waals surface area contributed by atoms with Crippen molar-refractivity contribution in [3.63, 3.8) is 0 Å². The molecule has 0 saturated heterocycles. The zero-order chi connectivity index (χ0) is 9.02. The number of aliphatic hydroxyl groups excluding tert-OH is 1. The zero-order valence-electron chi connectivity index (χ0n) is 5.30. The summed E-state index contributed by atoms with van der Waals surface area (Å²) in [5, 5.41) is 24.8. The first kappa shape index (κ1) is 9.82. The first-order chi connectivity index (χ1) is 5.00. The van der Waals surface area contributed by atoms with Crippen LogP contribution < -0.4 is 5.90 Å². The molecule has 0 fully saturated rings. The second-order valence-corrected chi connectivity index (χ2v) is 1.68. The van der Waals surface area contributed by atoms with Crippen LogP contribution in [-0.2, 0) is 14.4 Å². The molecule has 64 valence electrons. The molecule has 0 aromatic rings. The van der Waals surface area contributed by atoms with E-state index in [9.17, 15) is 9.59 Å². The Balaban J connectivity index is 4.25. The van der Waals surface area contributed by atoms with Crippen LogP contribution in [0.15, 0.2) is 0 Å². The van der Waals surface area contributed by atoms with Gasteiger partial charge in [0.2, 0.25) is 6.10 Å². The summed E-state index contributed by atoms with van der Waals surface area (Å²) in [6.45, 7) is 0. The molecule has 0 amide bonds. The molecule has 0 saturated carbocycles. The van der Waals surface area contributed by atoms with Gasteiger partial charge in [0, 0.05) is 0 Å². The lowest BCUT2D eigenvalue weighted by Crippen LogP contribution is -2.43. The van der Waals surface area contributed by atoms with Crippen molar-refractivity contribution in [1.82, 2.24) is 0 Å². The van der Waals surface area contributed by atoms with E-state index in [4.69, 9.17) is 15.3 Å². The minimum absolute atomic E-state index is 1.64. The normalized spacial score (nSPS) is 15.5. The summed E-state index contributed by atoms with van der Waals surface area (Å²) in [6, 6.07) is 0. The maximum atomic E-state index is 10.0. The van der Waals surface area contributed by atoms with Gasteiger partial charge in [0.05, 0.1) is 0 Å². The molecule has 0 aromatic heterocycles. The smallest absolute Gasteiger partial charge is 0.338 e. The van der Waals surface area contributed by atoms with Crippen molar-refractivity contribution in [2.24, 2.45) is 5.90 Å². The van der Waals surface area contributed by atoms with E-state index in [1.54, 1.807) is 0 Å². The quantitative estimate of drug-likeness (QED) is 0.347. The Labute approximate surface area is 60.9 Å². The Hall–Kier alpha value is -1.18. The number of carboxylic acid groups (broad SMARTS) is 2. The van der Waals surface area contributed by atoms with Crippen molar-refractivity contribution in [2.75, 3.05) is 0 Å². The lowest BCUT2D eigenvalue weighted by Gasteiger charge is -2.11. The van der Waals surface area contributed by atoms with E-state index in [1.165, 1.54) is 0 Å². The summed E-state index contributed by atoms with van der Waals surface area (Å²) < 4.78 is 0. The molecular weight excluding hydrogens is 158 g/mol. The van der Waals surface area contributed by atoms with E-state index in [0.717, 1.165) is 0 Å². The zero-order valence-corrected chi connectivity index (χ0v) is 5.30. The van der Waals surface area contributed by atoms with Gasteiger partial charge in [-0.1, -0.05) is 0 Å². The summed E-state index contributed by atoms with van der Waals surface area (Å²) in [5.41, 5.74) is 0. The molecule has 7 heteroatoms. The van der Waals surface area contributed by atoms with Crippen molar-refractivity contribution in [1.29, 1.82) is 0 Å². The maximum absolute atomic E-state index is 10.0. The predicted molar refractivity (Wildman–Crippen MR) is 30.3 cm³/mol. The molecule has 2 atom stereocenters. The van der Waals surface area contributed by atoms with Crippen molar-refractivity contribution >= 4 is 11.9 Å². The summed E-state index contributed by atoms with van der Waals surface area (Å²) in [5.74, 6) is 1.07. The Kier molecular flexibility index (Phi) is 3.45.